The summed E-state index contributed by atoms with van der Waals surface area (Å²) in [7, 11) is 3.06. The summed E-state index contributed by atoms with van der Waals surface area (Å²) in [4.78, 5) is 11.4. The molecule has 0 saturated heterocycles. The summed E-state index contributed by atoms with van der Waals surface area (Å²) < 4.78 is 0. The lowest BCUT2D eigenvalue weighted by Gasteiger charge is -2.25. The molecular formula is C8H6Cl5NO. The van der Waals surface area contributed by atoms with Crippen molar-refractivity contribution in [3.8, 4) is 0 Å². The lowest BCUT2D eigenvalue weighted by Crippen LogP contribution is -2.41. The molecule has 0 radical (unpaired) electrons. The first-order valence-corrected chi connectivity index (χ1v) is 5.66. The first-order chi connectivity index (χ1) is 6.74. The van der Waals surface area contributed by atoms with Crippen LogP contribution in [-0.2, 0) is 4.79 Å². The number of allylic oxidation sites excluding steroid dienone is 2. The van der Waals surface area contributed by atoms with Gasteiger partial charge >= 0.3 is 0 Å². The van der Waals surface area contributed by atoms with Crippen molar-refractivity contribution < 1.29 is 4.79 Å². The van der Waals surface area contributed by atoms with Crippen LogP contribution in [0.1, 0.15) is 0 Å². The van der Waals surface area contributed by atoms with E-state index in [4.69, 9.17) is 58.0 Å². The Morgan fingerprint density at radius 2 is 1.40 bits per heavy atom. The van der Waals surface area contributed by atoms with Crippen LogP contribution in [0.15, 0.2) is 20.1 Å². The van der Waals surface area contributed by atoms with E-state index >= 15 is 0 Å². The molecule has 7 heteroatoms. The van der Waals surface area contributed by atoms with Gasteiger partial charge < -0.3 is 4.90 Å². The van der Waals surface area contributed by atoms with Gasteiger partial charge in [-0.05, 0) is 0 Å². The van der Waals surface area contributed by atoms with Crippen LogP contribution in [0.3, 0.4) is 0 Å². The molecule has 15 heavy (non-hydrogen) atoms. The highest BCUT2D eigenvalue weighted by atomic mass is 35.5. The van der Waals surface area contributed by atoms with Crippen LogP contribution in [0, 0.1) is 0 Å². The van der Waals surface area contributed by atoms with E-state index in [0.717, 1.165) is 0 Å². The van der Waals surface area contributed by atoms with Crippen LogP contribution in [0.2, 0.25) is 0 Å². The molecule has 0 aromatic heterocycles. The van der Waals surface area contributed by atoms with Crippen LogP contribution < -0.4 is 0 Å². The van der Waals surface area contributed by atoms with E-state index in [1.807, 2.05) is 0 Å². The number of carbonyl (C=O) groups excluding carboxylic acids is 1. The average Bonchev–Trinajstić information content (AvgIpc) is 2.34. The number of nitrogens with zero attached hydrogens (tertiary/aromatic N) is 1. The van der Waals surface area contributed by atoms with Gasteiger partial charge in [-0.2, -0.15) is 0 Å². The Kier molecular flexibility index (Phi) is 3.90. The summed E-state index contributed by atoms with van der Waals surface area (Å²) in [5.74, 6) is -0.493. The highest BCUT2D eigenvalue weighted by Gasteiger charge is 2.51. The van der Waals surface area contributed by atoms with Gasteiger partial charge in [0.15, 0.2) is 4.87 Å². The Bertz CT molecular complexity index is 360. The monoisotopic (exact) mass is 307 g/mol. The quantitative estimate of drug-likeness (QED) is 0.679. The van der Waals surface area contributed by atoms with Crippen molar-refractivity contribution in [2.75, 3.05) is 14.1 Å². The van der Waals surface area contributed by atoms with Gasteiger partial charge in [-0.25, -0.2) is 0 Å². The lowest BCUT2D eigenvalue weighted by atomic mass is 10.1. The summed E-state index contributed by atoms with van der Waals surface area (Å²) >= 11 is 29.3. The molecule has 0 atom stereocenters. The van der Waals surface area contributed by atoms with Crippen molar-refractivity contribution in [1.29, 1.82) is 0 Å². The van der Waals surface area contributed by atoms with Crippen LogP contribution in [0.25, 0.3) is 0 Å². The van der Waals surface area contributed by atoms with Crippen LogP contribution in [0.4, 0.5) is 0 Å². The minimum atomic E-state index is -1.68. The second kappa shape index (κ2) is 4.34. The molecule has 84 valence electrons. The largest absolute Gasteiger partial charge is 0.347 e. The zero-order valence-electron chi connectivity index (χ0n) is 7.75. The maximum absolute atomic E-state index is 11.8. The minimum Gasteiger partial charge on any atom is -0.347 e. The van der Waals surface area contributed by atoms with Crippen LogP contribution >= 0.6 is 58.0 Å². The molecule has 1 aliphatic carbocycles. The van der Waals surface area contributed by atoms with Gasteiger partial charge in [0.05, 0.1) is 20.1 Å². The predicted molar refractivity (Wildman–Crippen MR) is 64.7 cm³/mol. The molecule has 0 bridgehead atoms. The Balaban J connectivity index is 3.34. The van der Waals surface area contributed by atoms with E-state index in [1.165, 1.54) is 19.0 Å². The zero-order chi connectivity index (χ0) is 12.0. The molecule has 0 unspecified atom stereocenters. The molecule has 1 amide bonds. The van der Waals surface area contributed by atoms with Gasteiger partial charge in [-0.3, -0.25) is 4.79 Å². The number of amides is 1. The molecule has 1 rings (SSSR count). The topological polar surface area (TPSA) is 20.3 Å². The fraction of sp³-hybridized carbons (Fsp3) is 0.375. The molecule has 0 aromatic carbocycles. The smallest absolute Gasteiger partial charge is 0.254 e. The molecule has 0 heterocycles. The maximum Gasteiger partial charge on any atom is 0.254 e. The Hall–Kier alpha value is 0.400. The highest BCUT2D eigenvalue weighted by Crippen LogP contribution is 2.52. The molecular weight excluding hydrogens is 303 g/mol. The summed E-state index contributed by atoms with van der Waals surface area (Å²) in [5.41, 5.74) is 0. The second-order valence-corrected chi connectivity index (χ2v) is 5.19. The summed E-state index contributed by atoms with van der Waals surface area (Å²) in [6.45, 7) is 0. The molecule has 0 saturated carbocycles. The van der Waals surface area contributed by atoms with Gasteiger partial charge in [0.1, 0.15) is 0 Å². The summed E-state index contributed by atoms with van der Waals surface area (Å²) in [6, 6.07) is 0. The third-order valence-corrected chi connectivity index (χ3v) is 4.61. The fourth-order valence-electron chi connectivity index (χ4n) is 1.09. The highest BCUT2D eigenvalue weighted by molar-refractivity contribution is 6.62. The third-order valence-electron chi connectivity index (χ3n) is 1.88. The van der Waals surface area contributed by atoms with E-state index in [-0.39, 0.29) is 20.1 Å². The molecule has 0 aliphatic heterocycles. The zero-order valence-corrected chi connectivity index (χ0v) is 11.5. The Morgan fingerprint density at radius 3 is 1.67 bits per heavy atom. The van der Waals surface area contributed by atoms with Crippen molar-refractivity contribution in [2.45, 2.75) is 4.87 Å². The first-order valence-electron chi connectivity index (χ1n) is 3.77. The number of alkyl halides is 1. The number of halogens is 5. The SMILES string of the molecule is CN(C)C(=O)C1(Cl)C(Cl)=C(Cl)C(Cl)=C1Cl. The van der Waals surface area contributed by atoms with Crippen molar-refractivity contribution >= 4 is 63.9 Å². The summed E-state index contributed by atoms with van der Waals surface area (Å²) in [6.07, 6.45) is 0. The number of hydrogen-bond donors (Lipinski definition) is 0. The fourth-order valence-corrected chi connectivity index (χ4v) is 2.70. The average molecular weight is 309 g/mol. The van der Waals surface area contributed by atoms with Crippen molar-refractivity contribution in [2.24, 2.45) is 0 Å². The van der Waals surface area contributed by atoms with Gasteiger partial charge in [-0.15, -0.1) is 0 Å². The first kappa shape index (κ1) is 13.5. The lowest BCUT2D eigenvalue weighted by molar-refractivity contribution is -0.129. The minimum absolute atomic E-state index is 0.00790. The third kappa shape index (κ3) is 1.87. The molecule has 0 fully saturated rings. The van der Waals surface area contributed by atoms with Gasteiger partial charge in [0.25, 0.3) is 5.91 Å². The van der Waals surface area contributed by atoms with E-state index in [9.17, 15) is 4.79 Å². The normalized spacial score (nSPS) is 19.9. The van der Waals surface area contributed by atoms with E-state index < -0.39 is 10.8 Å². The van der Waals surface area contributed by atoms with Crippen LogP contribution in [0.5, 0.6) is 0 Å². The Morgan fingerprint density at radius 1 is 1.07 bits per heavy atom. The molecule has 2 nitrogen and oxygen atoms in total. The number of hydrogen-bond acceptors (Lipinski definition) is 1. The van der Waals surface area contributed by atoms with Gasteiger partial charge in [0.2, 0.25) is 0 Å². The molecule has 0 aromatic rings. The molecule has 1 aliphatic rings. The van der Waals surface area contributed by atoms with E-state index in [1.54, 1.807) is 0 Å². The standard InChI is InChI=1S/C8H6Cl5NO/c1-14(2)7(15)8(13)5(11)3(9)4(10)6(8)12/h1-2H3. The predicted octanol–water partition coefficient (Wildman–Crippen LogP) is 3.44. The maximum atomic E-state index is 11.8. The van der Waals surface area contributed by atoms with Gasteiger partial charge in [-0.1, -0.05) is 58.0 Å². The van der Waals surface area contributed by atoms with Gasteiger partial charge in [0, 0.05) is 14.1 Å². The summed E-state index contributed by atoms with van der Waals surface area (Å²) in [5, 5.41) is -0.124. The molecule has 0 spiro atoms. The van der Waals surface area contributed by atoms with E-state index in [2.05, 4.69) is 0 Å². The Labute approximate surface area is 112 Å². The van der Waals surface area contributed by atoms with Crippen molar-refractivity contribution in [3.05, 3.63) is 20.1 Å². The second-order valence-electron chi connectivity index (χ2n) is 3.11. The molecule has 0 N–H and O–H groups in total. The van der Waals surface area contributed by atoms with Crippen molar-refractivity contribution in [1.82, 2.24) is 4.90 Å². The van der Waals surface area contributed by atoms with Crippen molar-refractivity contribution in [3.63, 3.8) is 0 Å². The van der Waals surface area contributed by atoms with Crippen LogP contribution in [-0.4, -0.2) is 29.8 Å². The number of rotatable bonds is 1. The number of carbonyl (C=O) groups is 1. The van der Waals surface area contributed by atoms with E-state index in [0.29, 0.717) is 0 Å².